The van der Waals surface area contributed by atoms with Crippen LogP contribution in [0, 0.1) is 0 Å². The van der Waals surface area contributed by atoms with Crippen LogP contribution in [-0.2, 0) is 20.7 Å². The quantitative estimate of drug-likeness (QED) is 0.398. The first kappa shape index (κ1) is 21.0. The molecule has 0 saturated carbocycles. The molecule has 28 heavy (non-hydrogen) atoms. The number of hydrogen-bond acceptors (Lipinski definition) is 4. The maximum absolute atomic E-state index is 12.2. The summed E-state index contributed by atoms with van der Waals surface area (Å²) in [5.41, 5.74) is 2.67. The summed E-state index contributed by atoms with van der Waals surface area (Å²) in [5, 5.41) is 2.73. The molecule has 2 rings (SSSR count). The number of esters is 1. The molecule has 0 saturated heterocycles. The zero-order valence-corrected chi connectivity index (χ0v) is 16.2. The molecule has 0 aliphatic rings. The van der Waals surface area contributed by atoms with Gasteiger partial charge in [0, 0.05) is 11.8 Å². The predicted octanol–water partition coefficient (Wildman–Crippen LogP) is 4.40. The van der Waals surface area contributed by atoms with Gasteiger partial charge in [-0.25, -0.2) is 4.79 Å². The van der Waals surface area contributed by atoms with Crippen molar-refractivity contribution in [1.29, 1.82) is 0 Å². The zero-order chi connectivity index (χ0) is 20.4. The molecule has 5 nitrogen and oxygen atoms in total. The van der Waals surface area contributed by atoms with Gasteiger partial charge in [-0.15, -0.1) is 0 Å². The van der Waals surface area contributed by atoms with E-state index >= 15 is 0 Å². The number of carbonyl (C=O) groups is 2. The Hall–Kier alpha value is -3.34. The van der Waals surface area contributed by atoms with Crippen LogP contribution in [0.3, 0.4) is 0 Å². The summed E-state index contributed by atoms with van der Waals surface area (Å²) < 4.78 is 10.6. The molecule has 0 aromatic heterocycles. The predicted molar refractivity (Wildman–Crippen MR) is 111 cm³/mol. The van der Waals surface area contributed by atoms with Crippen LogP contribution in [0.4, 0.5) is 5.69 Å². The third-order valence-corrected chi connectivity index (χ3v) is 3.95. The van der Waals surface area contributed by atoms with Gasteiger partial charge < -0.3 is 14.8 Å². The van der Waals surface area contributed by atoms with Crippen LogP contribution < -0.4 is 10.1 Å². The van der Waals surface area contributed by atoms with Crippen molar-refractivity contribution in [2.45, 2.75) is 26.4 Å². The molecule has 1 amide bonds. The number of benzene rings is 2. The minimum atomic E-state index is -0.905. The first-order chi connectivity index (χ1) is 13.5. The molecular weight excluding hydrogens is 354 g/mol. The second-order valence-electron chi connectivity index (χ2n) is 6.12. The number of rotatable bonds is 9. The van der Waals surface area contributed by atoms with Gasteiger partial charge in [-0.2, -0.15) is 0 Å². The van der Waals surface area contributed by atoms with Gasteiger partial charge >= 0.3 is 5.97 Å². The highest BCUT2D eigenvalue weighted by atomic mass is 16.5. The lowest BCUT2D eigenvalue weighted by molar-refractivity contribution is -0.148. The monoisotopic (exact) mass is 379 g/mol. The summed E-state index contributed by atoms with van der Waals surface area (Å²) >= 11 is 0. The van der Waals surface area contributed by atoms with Crippen LogP contribution in [0.1, 0.15) is 25.0 Å². The summed E-state index contributed by atoms with van der Waals surface area (Å²) in [7, 11) is 0. The molecule has 0 fully saturated rings. The van der Waals surface area contributed by atoms with Gasteiger partial charge in [0.1, 0.15) is 12.4 Å². The minimum Gasteiger partial charge on any atom is -0.490 e. The Morgan fingerprint density at radius 1 is 1.11 bits per heavy atom. The number of aryl methyl sites for hydroxylation is 1. The van der Waals surface area contributed by atoms with Crippen molar-refractivity contribution in [3.63, 3.8) is 0 Å². The van der Waals surface area contributed by atoms with E-state index in [1.165, 1.54) is 18.6 Å². The summed E-state index contributed by atoms with van der Waals surface area (Å²) in [5.74, 6) is -0.248. The fourth-order valence-electron chi connectivity index (χ4n) is 2.33. The third-order valence-electron chi connectivity index (χ3n) is 3.95. The van der Waals surface area contributed by atoms with E-state index in [0.717, 1.165) is 17.7 Å². The van der Waals surface area contributed by atoms with Crippen LogP contribution in [0.5, 0.6) is 5.75 Å². The van der Waals surface area contributed by atoms with Crippen LogP contribution in [0.2, 0.25) is 0 Å². The normalized spacial score (nSPS) is 11.6. The van der Waals surface area contributed by atoms with Crippen LogP contribution in [-0.4, -0.2) is 24.6 Å². The van der Waals surface area contributed by atoms with E-state index in [1.807, 2.05) is 36.4 Å². The molecule has 1 unspecified atom stereocenters. The number of carbonyl (C=O) groups excluding carboxylic acids is 2. The molecule has 0 spiro atoms. The highest BCUT2D eigenvalue weighted by molar-refractivity contribution is 5.96. The fraction of sp³-hybridized carbons (Fsp3) is 0.217. The molecule has 146 valence electrons. The minimum absolute atomic E-state index is 0.380. The molecule has 0 bridgehead atoms. The molecule has 0 aliphatic carbocycles. The summed E-state index contributed by atoms with van der Waals surface area (Å²) in [6.45, 7) is 7.63. The molecule has 0 radical (unpaired) electrons. The first-order valence-corrected chi connectivity index (χ1v) is 9.14. The Morgan fingerprint density at radius 2 is 1.79 bits per heavy atom. The molecule has 1 N–H and O–H groups in total. The van der Waals surface area contributed by atoms with Crippen molar-refractivity contribution in [2.75, 3.05) is 11.9 Å². The standard InChI is InChI=1S/C23H25NO4/c1-4-16-27-21-13-8-19(9-14-21)10-15-22(25)28-17(3)23(26)24-20-11-6-18(5-2)7-12-20/h4,6-15,17H,1,5,16H2,2-3H3,(H,24,26)/b15-10+. The van der Waals surface area contributed by atoms with E-state index < -0.39 is 12.1 Å². The Kier molecular flexibility index (Phi) is 8.03. The molecule has 1 atom stereocenters. The highest BCUT2D eigenvalue weighted by Crippen LogP contribution is 2.14. The average molecular weight is 379 g/mol. The van der Waals surface area contributed by atoms with Gasteiger partial charge in [0.2, 0.25) is 0 Å². The van der Waals surface area contributed by atoms with E-state index in [4.69, 9.17) is 9.47 Å². The van der Waals surface area contributed by atoms with Crippen molar-refractivity contribution in [3.05, 3.63) is 78.4 Å². The van der Waals surface area contributed by atoms with Crippen molar-refractivity contribution in [2.24, 2.45) is 0 Å². The number of ether oxygens (including phenoxy) is 2. The van der Waals surface area contributed by atoms with Gasteiger partial charge in [0.05, 0.1) is 0 Å². The Bertz CT molecular complexity index is 823. The average Bonchev–Trinajstić information content (AvgIpc) is 2.72. The Balaban J connectivity index is 1.84. The molecule has 0 heterocycles. The number of hydrogen-bond donors (Lipinski definition) is 1. The lowest BCUT2D eigenvalue weighted by Crippen LogP contribution is -2.29. The summed E-state index contributed by atoms with van der Waals surface area (Å²) in [4.78, 5) is 24.1. The summed E-state index contributed by atoms with van der Waals surface area (Å²) in [6, 6.07) is 14.8. The van der Waals surface area contributed by atoms with Crippen LogP contribution >= 0.6 is 0 Å². The van der Waals surface area contributed by atoms with Crippen molar-refractivity contribution < 1.29 is 19.1 Å². The molecule has 0 aliphatic heterocycles. The van der Waals surface area contributed by atoms with E-state index in [2.05, 4.69) is 18.8 Å². The van der Waals surface area contributed by atoms with Crippen LogP contribution in [0.25, 0.3) is 6.08 Å². The van der Waals surface area contributed by atoms with E-state index in [0.29, 0.717) is 12.3 Å². The van der Waals surface area contributed by atoms with Crippen molar-refractivity contribution >= 4 is 23.6 Å². The van der Waals surface area contributed by atoms with Crippen LogP contribution in [0.15, 0.2) is 67.3 Å². The smallest absolute Gasteiger partial charge is 0.331 e. The highest BCUT2D eigenvalue weighted by Gasteiger charge is 2.16. The summed E-state index contributed by atoms with van der Waals surface area (Å²) in [6.07, 6.45) is 4.60. The topological polar surface area (TPSA) is 64.6 Å². The van der Waals surface area contributed by atoms with Gasteiger partial charge in [0.25, 0.3) is 5.91 Å². The third kappa shape index (κ3) is 6.76. The van der Waals surface area contributed by atoms with Gasteiger partial charge in [-0.1, -0.05) is 43.8 Å². The molecule has 2 aromatic rings. The maximum atomic E-state index is 12.2. The van der Waals surface area contributed by atoms with Gasteiger partial charge in [0.15, 0.2) is 6.10 Å². The van der Waals surface area contributed by atoms with Crippen molar-refractivity contribution in [3.8, 4) is 5.75 Å². The van der Waals surface area contributed by atoms with Crippen molar-refractivity contribution in [1.82, 2.24) is 0 Å². The fourth-order valence-corrected chi connectivity index (χ4v) is 2.33. The SMILES string of the molecule is C=CCOc1ccc(/C=C/C(=O)OC(C)C(=O)Nc2ccc(CC)cc2)cc1. The zero-order valence-electron chi connectivity index (χ0n) is 16.2. The Morgan fingerprint density at radius 3 is 2.39 bits per heavy atom. The number of anilines is 1. The molecule has 5 heteroatoms. The molecule has 2 aromatic carbocycles. The lowest BCUT2D eigenvalue weighted by Gasteiger charge is -2.12. The Labute approximate surface area is 165 Å². The largest absolute Gasteiger partial charge is 0.490 e. The second kappa shape index (κ2) is 10.7. The number of nitrogens with one attached hydrogen (secondary N) is 1. The van der Waals surface area contributed by atoms with E-state index in [-0.39, 0.29) is 5.91 Å². The van der Waals surface area contributed by atoms with E-state index in [9.17, 15) is 9.59 Å². The van der Waals surface area contributed by atoms with Gasteiger partial charge in [-0.05, 0) is 54.8 Å². The van der Waals surface area contributed by atoms with Gasteiger partial charge in [-0.3, -0.25) is 4.79 Å². The van der Waals surface area contributed by atoms with E-state index in [1.54, 1.807) is 24.3 Å². The lowest BCUT2D eigenvalue weighted by atomic mass is 10.1. The second-order valence-corrected chi connectivity index (χ2v) is 6.12. The number of amides is 1. The first-order valence-electron chi connectivity index (χ1n) is 9.14. The molecular formula is C23H25NO4. The maximum Gasteiger partial charge on any atom is 0.331 e.